The van der Waals surface area contributed by atoms with Crippen molar-refractivity contribution in [3.63, 3.8) is 0 Å². The van der Waals surface area contributed by atoms with Crippen LogP contribution in [0.4, 0.5) is 11.5 Å². The van der Waals surface area contributed by atoms with Crippen molar-refractivity contribution in [3.8, 4) is 0 Å². The van der Waals surface area contributed by atoms with Crippen molar-refractivity contribution in [2.24, 2.45) is 7.05 Å². The predicted octanol–water partition coefficient (Wildman–Crippen LogP) is 4.04. The van der Waals surface area contributed by atoms with Crippen LogP contribution in [0.2, 0.25) is 0 Å². The summed E-state index contributed by atoms with van der Waals surface area (Å²) < 4.78 is 2.89. The number of halogens is 1. The summed E-state index contributed by atoms with van der Waals surface area (Å²) in [6, 6.07) is 8.13. The molecule has 4 nitrogen and oxygen atoms in total. The van der Waals surface area contributed by atoms with Gasteiger partial charge in [0.05, 0.1) is 11.4 Å². The number of benzene rings is 1. The summed E-state index contributed by atoms with van der Waals surface area (Å²) in [6.45, 7) is 2.10. The summed E-state index contributed by atoms with van der Waals surface area (Å²) in [6.07, 6.45) is 4.69. The van der Waals surface area contributed by atoms with Crippen LogP contribution in [-0.2, 0) is 13.5 Å². The Hall–Kier alpha value is -1.88. The summed E-state index contributed by atoms with van der Waals surface area (Å²) >= 11 is 3.58. The van der Waals surface area contributed by atoms with E-state index in [-0.39, 0.29) is 0 Å². The van der Waals surface area contributed by atoms with E-state index in [9.17, 15) is 0 Å². The van der Waals surface area contributed by atoms with E-state index in [1.165, 1.54) is 0 Å². The number of nitrogens with one attached hydrogen (secondary N) is 1. The van der Waals surface area contributed by atoms with E-state index >= 15 is 0 Å². The highest BCUT2D eigenvalue weighted by Crippen LogP contribution is 2.30. The quantitative estimate of drug-likeness (QED) is 0.788. The highest BCUT2D eigenvalue weighted by Gasteiger charge is 2.09. The molecular weight excluding hydrogens is 316 g/mol. The number of hydrogen-bond acceptors (Lipinski definition) is 3. The third-order valence-electron chi connectivity index (χ3n) is 3.25. The van der Waals surface area contributed by atoms with Gasteiger partial charge in [-0.1, -0.05) is 35.0 Å². The monoisotopic (exact) mass is 330 g/mol. The van der Waals surface area contributed by atoms with Crippen LogP contribution in [0.25, 0.3) is 10.8 Å². The van der Waals surface area contributed by atoms with Crippen molar-refractivity contribution in [2.75, 3.05) is 5.32 Å². The summed E-state index contributed by atoms with van der Waals surface area (Å²) in [4.78, 5) is 4.46. The number of pyridine rings is 1. The first-order chi connectivity index (χ1) is 9.69. The zero-order valence-corrected chi connectivity index (χ0v) is 13.0. The van der Waals surface area contributed by atoms with Crippen molar-refractivity contribution < 1.29 is 0 Å². The van der Waals surface area contributed by atoms with Crippen LogP contribution in [0.5, 0.6) is 0 Å². The van der Waals surface area contributed by atoms with Gasteiger partial charge in [-0.05, 0) is 18.6 Å². The van der Waals surface area contributed by atoms with E-state index in [0.717, 1.165) is 38.9 Å². The largest absolute Gasteiger partial charge is 0.337 e. The maximum absolute atomic E-state index is 4.46. The Balaban J connectivity index is 2.09. The first-order valence-electron chi connectivity index (χ1n) is 6.52. The lowest BCUT2D eigenvalue weighted by atomic mass is 10.1. The zero-order chi connectivity index (χ0) is 14.1. The minimum atomic E-state index is 0.853. The molecule has 0 spiro atoms. The molecule has 2 aromatic heterocycles. The fraction of sp³-hybridized carbons (Fsp3) is 0.200. The standard InChI is InChI=1S/C15H15BrN4/c1-3-13-14(9-20(2)19-13)18-15-11-5-4-6-12(16)10(11)7-8-17-15/h4-9H,3H2,1-2H3,(H,17,18). The Morgan fingerprint density at radius 1 is 1.25 bits per heavy atom. The Bertz CT molecular complexity index is 764. The van der Waals surface area contributed by atoms with Gasteiger partial charge in [-0.2, -0.15) is 5.10 Å². The fourth-order valence-electron chi connectivity index (χ4n) is 2.30. The van der Waals surface area contributed by atoms with Gasteiger partial charge >= 0.3 is 0 Å². The van der Waals surface area contributed by atoms with Crippen LogP contribution < -0.4 is 5.32 Å². The number of rotatable bonds is 3. The molecule has 0 atom stereocenters. The van der Waals surface area contributed by atoms with Crippen LogP contribution >= 0.6 is 15.9 Å². The fourth-order valence-corrected chi connectivity index (χ4v) is 2.79. The van der Waals surface area contributed by atoms with Gasteiger partial charge in [-0.25, -0.2) is 4.98 Å². The SMILES string of the molecule is CCc1nn(C)cc1Nc1nccc2c(Br)cccc12. The lowest BCUT2D eigenvalue weighted by Crippen LogP contribution is -1.96. The molecule has 1 N–H and O–H groups in total. The molecule has 5 heteroatoms. The van der Waals surface area contributed by atoms with Crippen molar-refractivity contribution in [1.29, 1.82) is 0 Å². The lowest BCUT2D eigenvalue weighted by molar-refractivity contribution is 0.746. The van der Waals surface area contributed by atoms with Crippen LogP contribution in [0.3, 0.4) is 0 Å². The maximum atomic E-state index is 4.46. The number of anilines is 2. The Morgan fingerprint density at radius 3 is 2.90 bits per heavy atom. The number of nitrogens with zero attached hydrogens (tertiary/aromatic N) is 3. The number of aryl methyl sites for hydroxylation is 2. The van der Waals surface area contributed by atoms with Crippen molar-refractivity contribution in [3.05, 3.63) is 46.8 Å². The molecule has 0 unspecified atom stereocenters. The minimum absolute atomic E-state index is 0.853. The van der Waals surface area contributed by atoms with Crippen molar-refractivity contribution in [1.82, 2.24) is 14.8 Å². The highest BCUT2D eigenvalue weighted by molar-refractivity contribution is 9.10. The molecule has 3 aromatic rings. The average Bonchev–Trinajstić information content (AvgIpc) is 2.80. The van der Waals surface area contributed by atoms with Gasteiger partial charge in [0.1, 0.15) is 5.82 Å². The number of hydrogen-bond donors (Lipinski definition) is 1. The van der Waals surface area contributed by atoms with Crippen molar-refractivity contribution >= 4 is 38.2 Å². The summed E-state index contributed by atoms with van der Waals surface area (Å²) in [7, 11) is 1.93. The third-order valence-corrected chi connectivity index (χ3v) is 3.94. The van der Waals surface area contributed by atoms with Crippen LogP contribution in [-0.4, -0.2) is 14.8 Å². The van der Waals surface area contributed by atoms with Gasteiger partial charge in [-0.15, -0.1) is 0 Å². The molecule has 102 valence electrons. The molecule has 0 radical (unpaired) electrons. The second-order valence-corrected chi connectivity index (χ2v) is 5.49. The van der Waals surface area contributed by atoms with Crippen LogP contribution in [0, 0.1) is 0 Å². The molecule has 1 aromatic carbocycles. The van der Waals surface area contributed by atoms with E-state index in [2.05, 4.69) is 44.3 Å². The van der Waals surface area contributed by atoms with Crippen molar-refractivity contribution in [2.45, 2.75) is 13.3 Å². The highest BCUT2D eigenvalue weighted by atomic mass is 79.9. The van der Waals surface area contributed by atoms with Gasteiger partial charge < -0.3 is 5.32 Å². The van der Waals surface area contributed by atoms with Gasteiger partial charge in [0.25, 0.3) is 0 Å². The average molecular weight is 331 g/mol. The molecule has 0 aliphatic heterocycles. The van der Waals surface area contributed by atoms with E-state index in [1.807, 2.05) is 42.3 Å². The molecule has 2 heterocycles. The first kappa shape index (κ1) is 13.1. The summed E-state index contributed by atoms with van der Waals surface area (Å²) in [5.74, 6) is 0.853. The molecule has 0 fully saturated rings. The van der Waals surface area contributed by atoms with E-state index in [0.29, 0.717) is 0 Å². The molecule has 0 saturated heterocycles. The van der Waals surface area contributed by atoms with E-state index in [1.54, 1.807) is 0 Å². The van der Waals surface area contributed by atoms with E-state index < -0.39 is 0 Å². The molecule has 0 amide bonds. The Kier molecular flexibility index (Phi) is 3.44. The van der Waals surface area contributed by atoms with Gasteiger partial charge in [-0.3, -0.25) is 4.68 Å². The molecule has 3 rings (SSSR count). The Morgan fingerprint density at radius 2 is 2.10 bits per heavy atom. The molecule has 0 bridgehead atoms. The molecule has 20 heavy (non-hydrogen) atoms. The van der Waals surface area contributed by atoms with Gasteiger partial charge in [0.15, 0.2) is 0 Å². The van der Waals surface area contributed by atoms with Crippen LogP contribution in [0.1, 0.15) is 12.6 Å². The predicted molar refractivity (Wildman–Crippen MR) is 85.3 cm³/mol. The lowest BCUT2D eigenvalue weighted by Gasteiger charge is -2.09. The summed E-state index contributed by atoms with van der Waals surface area (Å²) in [5.41, 5.74) is 2.05. The maximum Gasteiger partial charge on any atom is 0.138 e. The smallest absolute Gasteiger partial charge is 0.138 e. The summed E-state index contributed by atoms with van der Waals surface area (Å²) in [5, 5.41) is 10.1. The molecule has 0 saturated carbocycles. The van der Waals surface area contributed by atoms with E-state index in [4.69, 9.17) is 0 Å². The first-order valence-corrected chi connectivity index (χ1v) is 7.31. The number of fused-ring (bicyclic) bond motifs is 1. The second kappa shape index (κ2) is 5.25. The van der Waals surface area contributed by atoms with Gasteiger partial charge in [0, 0.05) is 34.7 Å². The topological polar surface area (TPSA) is 42.7 Å². The minimum Gasteiger partial charge on any atom is -0.337 e. The molecule has 0 aliphatic carbocycles. The van der Waals surface area contributed by atoms with Gasteiger partial charge in [0.2, 0.25) is 0 Å². The molecule has 0 aliphatic rings. The third kappa shape index (κ3) is 2.29. The number of aromatic nitrogens is 3. The molecular formula is C15H15BrN4. The zero-order valence-electron chi connectivity index (χ0n) is 11.4. The normalized spacial score (nSPS) is 10.9. The Labute approximate surface area is 126 Å². The van der Waals surface area contributed by atoms with Crippen LogP contribution in [0.15, 0.2) is 41.1 Å². The second-order valence-electron chi connectivity index (χ2n) is 4.64.